The van der Waals surface area contributed by atoms with Gasteiger partial charge in [-0.05, 0) is 81.2 Å². The summed E-state index contributed by atoms with van der Waals surface area (Å²) in [5, 5.41) is 8.57. The lowest BCUT2D eigenvalue weighted by Gasteiger charge is -2.18. The Bertz CT molecular complexity index is 568. The van der Waals surface area contributed by atoms with Crippen LogP contribution in [0.5, 0.6) is 0 Å². The Morgan fingerprint density at radius 1 is 0.654 bits per heavy atom. The zero-order chi connectivity index (χ0) is 19.4. The Morgan fingerprint density at radius 2 is 1.23 bits per heavy atom. The largest absolute Gasteiger partial charge is 0.164 e. The number of benzene rings is 1. The van der Waals surface area contributed by atoms with Crippen LogP contribution in [-0.4, -0.2) is 12.4 Å². The lowest BCUT2D eigenvalue weighted by Crippen LogP contribution is -2.05. The maximum absolute atomic E-state index is 4.32. The monoisotopic (exact) mass is 356 g/mol. The number of hydrogen-bond acceptors (Lipinski definition) is 2. The number of rotatable bonds is 12. The Morgan fingerprint density at radius 3 is 1.81 bits per heavy atom. The van der Waals surface area contributed by atoms with Crippen molar-refractivity contribution in [1.29, 1.82) is 0 Å². The minimum atomic E-state index is 1.03. The highest BCUT2D eigenvalue weighted by atomic mass is 15.2. The third-order valence-corrected chi connectivity index (χ3v) is 5.64. The molecule has 0 spiro atoms. The summed E-state index contributed by atoms with van der Waals surface area (Å²) in [6.07, 6.45) is 16.5. The van der Waals surface area contributed by atoms with Crippen molar-refractivity contribution in [2.45, 2.75) is 106 Å². The highest BCUT2D eigenvalue weighted by Gasteiger charge is 2.13. The van der Waals surface area contributed by atoms with E-state index in [9.17, 15) is 0 Å². The Hall–Kier alpha value is -1.44. The van der Waals surface area contributed by atoms with Crippen LogP contribution in [-0.2, 0) is 6.42 Å². The molecule has 0 fully saturated rings. The summed E-state index contributed by atoms with van der Waals surface area (Å²) in [6.45, 7) is 13.5. The molecule has 0 amide bonds. The van der Waals surface area contributed by atoms with Crippen molar-refractivity contribution in [2.24, 2.45) is 10.2 Å². The van der Waals surface area contributed by atoms with E-state index in [1.54, 1.807) is 5.56 Å². The van der Waals surface area contributed by atoms with Gasteiger partial charge in [-0.15, -0.1) is 0 Å². The number of hydrogen-bond donors (Lipinski definition) is 0. The molecule has 0 aliphatic rings. The van der Waals surface area contributed by atoms with Crippen molar-refractivity contribution in [1.82, 2.24) is 0 Å². The van der Waals surface area contributed by atoms with Gasteiger partial charge in [0.15, 0.2) is 0 Å². The molecule has 146 valence electrons. The molecule has 26 heavy (non-hydrogen) atoms. The van der Waals surface area contributed by atoms with Gasteiger partial charge >= 0.3 is 0 Å². The van der Waals surface area contributed by atoms with E-state index in [0.717, 1.165) is 6.42 Å². The van der Waals surface area contributed by atoms with Crippen LogP contribution in [0.4, 0.5) is 0 Å². The Kier molecular flexibility index (Phi) is 11.2. The van der Waals surface area contributed by atoms with E-state index in [0.29, 0.717) is 0 Å². The molecule has 0 heterocycles. The topological polar surface area (TPSA) is 24.7 Å². The molecule has 0 atom stereocenters. The van der Waals surface area contributed by atoms with E-state index in [-0.39, 0.29) is 0 Å². The van der Waals surface area contributed by atoms with Crippen LogP contribution in [0.1, 0.15) is 105 Å². The minimum Gasteiger partial charge on any atom is -0.164 e. The summed E-state index contributed by atoms with van der Waals surface area (Å²) >= 11 is 0. The van der Waals surface area contributed by atoms with Crippen molar-refractivity contribution in [3.05, 3.63) is 33.4 Å². The molecule has 1 aromatic carbocycles. The van der Waals surface area contributed by atoms with E-state index in [1.165, 1.54) is 85.6 Å². The molecule has 1 rings (SSSR count). The van der Waals surface area contributed by atoms with Gasteiger partial charge in [0, 0.05) is 11.8 Å². The van der Waals surface area contributed by atoms with Crippen molar-refractivity contribution < 1.29 is 0 Å². The lowest BCUT2D eigenvalue weighted by atomic mass is 9.87. The first-order valence-electron chi connectivity index (χ1n) is 10.7. The summed E-state index contributed by atoms with van der Waals surface area (Å²) in [4.78, 5) is 0. The van der Waals surface area contributed by atoms with Gasteiger partial charge in [0.05, 0.1) is 6.21 Å². The van der Waals surface area contributed by atoms with Gasteiger partial charge in [0.25, 0.3) is 0 Å². The molecule has 0 N–H and O–H groups in total. The maximum atomic E-state index is 4.32. The summed E-state index contributed by atoms with van der Waals surface area (Å²) in [7, 11) is 0. The van der Waals surface area contributed by atoms with Gasteiger partial charge in [0.2, 0.25) is 0 Å². The molecule has 0 aliphatic heterocycles. The lowest BCUT2D eigenvalue weighted by molar-refractivity contribution is 0.664. The molecular formula is C24H40N2. The number of unbranched alkanes of at least 4 members (excludes halogenated alkanes) is 7. The van der Waals surface area contributed by atoms with Gasteiger partial charge < -0.3 is 0 Å². The molecule has 2 nitrogen and oxygen atoms in total. The van der Waals surface area contributed by atoms with E-state index < -0.39 is 0 Å². The highest BCUT2D eigenvalue weighted by Crippen LogP contribution is 2.27. The smallest absolute Gasteiger partial charge is 0.0573 e. The van der Waals surface area contributed by atoms with Crippen molar-refractivity contribution >= 4 is 12.4 Å². The predicted octanol–water partition coefficient (Wildman–Crippen LogP) is 7.42. The standard InChI is InChI=1S/C24H40N2/c1-7-9-11-13-15-17-25-26-18-24-21(5)19(3)23(20(4)22(24)6)16-14-12-10-8-2/h17-18H,7-16H2,1-6H3/b25-17+,26-18+. The SMILES string of the molecule is CCCCCC/C=N/N=C/c1c(C)c(C)c(CCCCCC)c(C)c1C. The van der Waals surface area contributed by atoms with Gasteiger partial charge in [-0.1, -0.05) is 52.4 Å². The van der Waals surface area contributed by atoms with E-state index in [2.05, 4.69) is 51.7 Å². The van der Waals surface area contributed by atoms with Gasteiger partial charge in [0.1, 0.15) is 0 Å². The van der Waals surface area contributed by atoms with E-state index in [4.69, 9.17) is 0 Å². The van der Waals surface area contributed by atoms with Gasteiger partial charge in [-0.2, -0.15) is 10.2 Å². The van der Waals surface area contributed by atoms with Crippen LogP contribution in [0.15, 0.2) is 10.2 Å². The Balaban J connectivity index is 2.77. The molecule has 0 aromatic heterocycles. The first-order chi connectivity index (χ1) is 12.5. The van der Waals surface area contributed by atoms with Crippen LogP contribution in [0.3, 0.4) is 0 Å². The second-order valence-electron chi connectivity index (χ2n) is 7.59. The highest BCUT2D eigenvalue weighted by molar-refractivity contribution is 5.85. The quantitative estimate of drug-likeness (QED) is 0.211. The van der Waals surface area contributed by atoms with Crippen LogP contribution >= 0.6 is 0 Å². The van der Waals surface area contributed by atoms with Crippen LogP contribution in [0, 0.1) is 27.7 Å². The van der Waals surface area contributed by atoms with Crippen molar-refractivity contribution in [2.75, 3.05) is 0 Å². The van der Waals surface area contributed by atoms with Gasteiger partial charge in [-0.3, -0.25) is 0 Å². The fourth-order valence-electron chi connectivity index (χ4n) is 3.57. The molecule has 0 unspecified atom stereocenters. The molecule has 0 aliphatic carbocycles. The van der Waals surface area contributed by atoms with E-state index in [1.807, 2.05) is 12.4 Å². The molecule has 0 radical (unpaired) electrons. The average molecular weight is 357 g/mol. The predicted molar refractivity (Wildman–Crippen MR) is 118 cm³/mol. The zero-order valence-electron chi connectivity index (χ0n) is 18.1. The summed E-state index contributed by atoms with van der Waals surface area (Å²) in [5.41, 5.74) is 8.40. The number of nitrogens with zero attached hydrogens (tertiary/aromatic N) is 2. The van der Waals surface area contributed by atoms with Crippen molar-refractivity contribution in [3.63, 3.8) is 0 Å². The van der Waals surface area contributed by atoms with Crippen molar-refractivity contribution in [3.8, 4) is 0 Å². The fourth-order valence-corrected chi connectivity index (χ4v) is 3.57. The molecular weight excluding hydrogens is 316 g/mol. The zero-order valence-corrected chi connectivity index (χ0v) is 18.1. The Labute approximate surface area is 162 Å². The van der Waals surface area contributed by atoms with E-state index >= 15 is 0 Å². The summed E-state index contributed by atoms with van der Waals surface area (Å²) < 4.78 is 0. The first kappa shape index (κ1) is 22.6. The average Bonchev–Trinajstić information content (AvgIpc) is 2.64. The molecule has 0 saturated carbocycles. The first-order valence-corrected chi connectivity index (χ1v) is 10.7. The third-order valence-electron chi connectivity index (χ3n) is 5.64. The molecule has 0 saturated heterocycles. The summed E-state index contributed by atoms with van der Waals surface area (Å²) in [6, 6.07) is 0. The molecule has 1 aromatic rings. The maximum Gasteiger partial charge on any atom is 0.0573 e. The summed E-state index contributed by atoms with van der Waals surface area (Å²) in [5.74, 6) is 0. The van der Waals surface area contributed by atoms with Crippen LogP contribution < -0.4 is 0 Å². The molecule has 2 heteroatoms. The second-order valence-corrected chi connectivity index (χ2v) is 7.59. The van der Waals surface area contributed by atoms with Crippen LogP contribution in [0.25, 0.3) is 0 Å². The molecule has 0 bridgehead atoms. The third kappa shape index (κ3) is 7.05. The minimum absolute atomic E-state index is 1.03. The van der Waals surface area contributed by atoms with Crippen LogP contribution in [0.2, 0.25) is 0 Å². The normalized spacial score (nSPS) is 11.9. The second kappa shape index (κ2) is 12.8. The fraction of sp³-hybridized carbons (Fsp3) is 0.667. The van der Waals surface area contributed by atoms with Gasteiger partial charge in [-0.25, -0.2) is 0 Å².